The van der Waals surface area contributed by atoms with Gasteiger partial charge in [-0.1, -0.05) is 25.3 Å². The van der Waals surface area contributed by atoms with Crippen molar-refractivity contribution in [2.24, 2.45) is 0 Å². The molecule has 1 aromatic rings. The van der Waals surface area contributed by atoms with Crippen LogP contribution in [0.4, 0.5) is 17.6 Å². The third-order valence-electron chi connectivity index (χ3n) is 4.22. The Morgan fingerprint density at radius 2 is 1.81 bits per heavy atom. The second-order valence-corrected chi connectivity index (χ2v) is 5.47. The molecule has 21 heavy (non-hydrogen) atoms. The zero-order valence-corrected chi connectivity index (χ0v) is 11.7. The van der Waals surface area contributed by atoms with Crippen LogP contribution >= 0.6 is 0 Å². The van der Waals surface area contributed by atoms with Gasteiger partial charge in [-0.2, -0.15) is 13.2 Å². The smallest absolute Gasteiger partial charge is 0.385 e. The number of methoxy groups -OCH3 is 1. The summed E-state index contributed by atoms with van der Waals surface area (Å²) in [4.78, 5) is 0. The van der Waals surface area contributed by atoms with E-state index in [1.54, 1.807) is 0 Å². The van der Waals surface area contributed by atoms with Crippen molar-refractivity contribution in [3.05, 3.63) is 35.1 Å². The lowest BCUT2D eigenvalue weighted by Crippen LogP contribution is -2.40. The van der Waals surface area contributed by atoms with Gasteiger partial charge in [-0.25, -0.2) is 4.39 Å². The Bertz CT molecular complexity index is 493. The van der Waals surface area contributed by atoms with E-state index in [1.807, 2.05) is 0 Å². The quantitative estimate of drug-likeness (QED) is 0.847. The Morgan fingerprint density at radius 1 is 1.19 bits per heavy atom. The lowest BCUT2D eigenvalue weighted by atomic mass is 9.78. The second-order valence-electron chi connectivity index (χ2n) is 5.47. The zero-order valence-electron chi connectivity index (χ0n) is 11.7. The molecule has 1 unspecified atom stereocenters. The van der Waals surface area contributed by atoms with Crippen molar-refractivity contribution in [1.29, 1.82) is 0 Å². The van der Waals surface area contributed by atoms with Gasteiger partial charge in [-0.05, 0) is 30.5 Å². The first-order chi connectivity index (χ1) is 9.80. The number of alkyl halides is 3. The minimum absolute atomic E-state index is 0.0347. The number of hydrogen-bond acceptors (Lipinski definition) is 2. The first-order valence-corrected chi connectivity index (χ1v) is 6.90. The number of rotatable bonds is 3. The van der Waals surface area contributed by atoms with Gasteiger partial charge in [-0.15, -0.1) is 0 Å². The van der Waals surface area contributed by atoms with E-state index in [1.165, 1.54) is 13.2 Å². The highest BCUT2D eigenvalue weighted by atomic mass is 19.4. The Morgan fingerprint density at radius 3 is 2.33 bits per heavy atom. The largest absolute Gasteiger partial charge is 0.419 e. The fourth-order valence-electron chi connectivity index (χ4n) is 2.97. The van der Waals surface area contributed by atoms with Crippen molar-refractivity contribution in [3.8, 4) is 0 Å². The van der Waals surface area contributed by atoms with Crippen molar-refractivity contribution >= 4 is 0 Å². The molecule has 1 aliphatic carbocycles. The topological polar surface area (TPSA) is 29.5 Å². The zero-order chi connectivity index (χ0) is 15.7. The normalized spacial score (nSPS) is 20.3. The maximum atomic E-state index is 13.3. The van der Waals surface area contributed by atoms with E-state index in [2.05, 4.69) is 0 Å². The molecule has 2 rings (SSSR count). The fraction of sp³-hybridized carbons (Fsp3) is 0.600. The van der Waals surface area contributed by atoms with Crippen LogP contribution in [0.15, 0.2) is 18.2 Å². The molecule has 0 amide bonds. The molecule has 0 aromatic heterocycles. The molecule has 0 spiro atoms. The molecule has 1 saturated carbocycles. The van der Waals surface area contributed by atoms with E-state index in [-0.39, 0.29) is 5.56 Å². The third kappa shape index (κ3) is 3.21. The predicted molar refractivity (Wildman–Crippen MR) is 69.2 cm³/mol. The standard InChI is InChI=1S/C15H18F4O2/c1-21-14(7-3-2-4-8-14)13(20)10-5-6-12(16)11(9-10)15(17,18)19/h5-6,9,13,20H,2-4,7-8H2,1H3. The number of ether oxygens (including phenoxy) is 1. The summed E-state index contributed by atoms with van der Waals surface area (Å²) in [7, 11) is 1.45. The molecule has 1 aliphatic rings. The van der Waals surface area contributed by atoms with Gasteiger partial charge in [0, 0.05) is 7.11 Å². The van der Waals surface area contributed by atoms with E-state index in [0.29, 0.717) is 18.9 Å². The summed E-state index contributed by atoms with van der Waals surface area (Å²) >= 11 is 0. The average molecular weight is 306 g/mol. The highest BCUT2D eigenvalue weighted by Gasteiger charge is 2.41. The summed E-state index contributed by atoms with van der Waals surface area (Å²) < 4.78 is 57.0. The van der Waals surface area contributed by atoms with Crippen LogP contribution in [-0.2, 0) is 10.9 Å². The van der Waals surface area contributed by atoms with Crippen LogP contribution in [0.2, 0.25) is 0 Å². The van der Waals surface area contributed by atoms with Gasteiger partial charge in [0.25, 0.3) is 0 Å². The molecule has 0 heterocycles. The molecule has 1 atom stereocenters. The number of hydrogen-bond donors (Lipinski definition) is 1. The summed E-state index contributed by atoms with van der Waals surface area (Å²) in [5, 5.41) is 10.5. The number of benzene rings is 1. The second kappa shape index (κ2) is 5.93. The third-order valence-corrected chi connectivity index (χ3v) is 4.22. The minimum Gasteiger partial charge on any atom is -0.385 e. The predicted octanol–water partition coefficient (Wildman–Crippen LogP) is 4.23. The van der Waals surface area contributed by atoms with Crippen LogP contribution in [0.3, 0.4) is 0 Å². The summed E-state index contributed by atoms with van der Waals surface area (Å²) in [6.45, 7) is 0. The summed E-state index contributed by atoms with van der Waals surface area (Å²) in [6, 6.07) is 2.60. The molecular weight excluding hydrogens is 288 g/mol. The Kier molecular flexibility index (Phi) is 4.58. The Hall–Kier alpha value is -1.14. The van der Waals surface area contributed by atoms with Gasteiger partial charge in [0.2, 0.25) is 0 Å². The van der Waals surface area contributed by atoms with Crippen molar-refractivity contribution in [2.45, 2.75) is 50.0 Å². The van der Waals surface area contributed by atoms with Crippen molar-refractivity contribution < 1.29 is 27.4 Å². The summed E-state index contributed by atoms with van der Waals surface area (Å²) in [5.41, 5.74) is -2.22. The van der Waals surface area contributed by atoms with Crippen LogP contribution in [-0.4, -0.2) is 17.8 Å². The first-order valence-electron chi connectivity index (χ1n) is 6.90. The monoisotopic (exact) mass is 306 g/mol. The van der Waals surface area contributed by atoms with Gasteiger partial charge in [0.1, 0.15) is 11.9 Å². The number of aliphatic hydroxyl groups is 1. The summed E-state index contributed by atoms with van der Waals surface area (Å²) in [5.74, 6) is -1.34. The van der Waals surface area contributed by atoms with Crippen molar-refractivity contribution in [1.82, 2.24) is 0 Å². The maximum Gasteiger partial charge on any atom is 0.419 e. The lowest BCUT2D eigenvalue weighted by molar-refractivity contribution is -0.141. The Balaban J connectivity index is 2.36. The molecule has 0 aliphatic heterocycles. The van der Waals surface area contributed by atoms with Gasteiger partial charge >= 0.3 is 6.18 Å². The van der Waals surface area contributed by atoms with E-state index in [0.717, 1.165) is 25.3 Å². The first kappa shape index (κ1) is 16.2. The fourth-order valence-corrected chi connectivity index (χ4v) is 2.97. The van der Waals surface area contributed by atoms with Crippen LogP contribution in [0.5, 0.6) is 0 Å². The molecule has 1 aromatic carbocycles. The number of aliphatic hydroxyl groups excluding tert-OH is 1. The molecule has 0 bridgehead atoms. The molecule has 0 radical (unpaired) electrons. The molecule has 0 saturated heterocycles. The molecule has 2 nitrogen and oxygen atoms in total. The summed E-state index contributed by atoms with van der Waals surface area (Å²) in [6.07, 6.45) is -2.14. The molecule has 1 fully saturated rings. The van der Waals surface area contributed by atoms with Crippen LogP contribution in [0, 0.1) is 5.82 Å². The van der Waals surface area contributed by atoms with E-state index >= 15 is 0 Å². The van der Waals surface area contributed by atoms with Crippen molar-refractivity contribution in [3.63, 3.8) is 0 Å². The molecule has 1 N–H and O–H groups in total. The average Bonchev–Trinajstić information content (AvgIpc) is 2.46. The van der Waals surface area contributed by atoms with Crippen LogP contribution in [0.25, 0.3) is 0 Å². The van der Waals surface area contributed by atoms with Crippen LogP contribution in [0.1, 0.15) is 49.3 Å². The van der Waals surface area contributed by atoms with E-state index < -0.39 is 29.3 Å². The number of halogens is 4. The highest BCUT2D eigenvalue weighted by Crippen LogP contribution is 2.42. The van der Waals surface area contributed by atoms with Gasteiger partial charge in [-0.3, -0.25) is 0 Å². The van der Waals surface area contributed by atoms with Crippen molar-refractivity contribution in [2.75, 3.05) is 7.11 Å². The SMILES string of the molecule is COC1(C(O)c2ccc(F)c(C(F)(F)F)c2)CCCCC1. The lowest BCUT2D eigenvalue weighted by Gasteiger charge is -2.40. The highest BCUT2D eigenvalue weighted by molar-refractivity contribution is 5.30. The van der Waals surface area contributed by atoms with Gasteiger partial charge < -0.3 is 9.84 Å². The van der Waals surface area contributed by atoms with Gasteiger partial charge in [0.05, 0.1) is 11.2 Å². The molecular formula is C15H18F4O2. The molecule has 118 valence electrons. The minimum atomic E-state index is -4.79. The van der Waals surface area contributed by atoms with E-state index in [4.69, 9.17) is 4.74 Å². The molecule has 6 heteroatoms. The maximum absolute atomic E-state index is 13.3. The van der Waals surface area contributed by atoms with E-state index in [9.17, 15) is 22.7 Å². The van der Waals surface area contributed by atoms with Crippen LogP contribution < -0.4 is 0 Å². The Labute approximate surface area is 120 Å². The van der Waals surface area contributed by atoms with Gasteiger partial charge in [0.15, 0.2) is 0 Å².